The summed E-state index contributed by atoms with van der Waals surface area (Å²) >= 11 is 0. The number of anilines is 1. The molecule has 0 saturated heterocycles. The Kier molecular flexibility index (Phi) is 3.11. The van der Waals surface area contributed by atoms with Gasteiger partial charge in [0.15, 0.2) is 5.82 Å². The van der Waals surface area contributed by atoms with Gasteiger partial charge in [-0.25, -0.2) is 14.4 Å². The van der Waals surface area contributed by atoms with E-state index in [-0.39, 0.29) is 0 Å². The van der Waals surface area contributed by atoms with Gasteiger partial charge in [0.1, 0.15) is 0 Å². The van der Waals surface area contributed by atoms with Gasteiger partial charge in [-0.2, -0.15) is 0 Å². The molecule has 0 bridgehead atoms. The van der Waals surface area contributed by atoms with Crippen molar-refractivity contribution in [3.05, 3.63) is 18.2 Å². The molecule has 0 amide bonds. The first-order valence-electron chi connectivity index (χ1n) is 5.17. The number of aromatic nitrogens is 2. The maximum Gasteiger partial charge on any atom is 0.222 e. The molecule has 1 aromatic heterocycles. The third-order valence-corrected chi connectivity index (χ3v) is 2.54. The summed E-state index contributed by atoms with van der Waals surface area (Å²) in [5, 5.41) is 3.05. The second kappa shape index (κ2) is 4.53. The maximum atomic E-state index is 12.5. The van der Waals surface area contributed by atoms with Gasteiger partial charge in [0, 0.05) is 19.1 Å². The minimum absolute atomic E-state index is 0.407. The SMILES string of the molecule is CN(CCNc1ncc(F)cn1)C1CC1. The van der Waals surface area contributed by atoms with Crippen LogP contribution in [0.1, 0.15) is 12.8 Å². The monoisotopic (exact) mass is 210 g/mol. The average Bonchev–Trinajstić information content (AvgIpc) is 3.04. The van der Waals surface area contributed by atoms with Crippen LogP contribution in [-0.4, -0.2) is 41.0 Å². The molecular formula is C10H15FN4. The molecule has 1 aliphatic rings. The van der Waals surface area contributed by atoms with E-state index in [4.69, 9.17) is 0 Å². The van der Waals surface area contributed by atoms with Gasteiger partial charge >= 0.3 is 0 Å². The van der Waals surface area contributed by atoms with Crippen molar-refractivity contribution in [2.24, 2.45) is 0 Å². The van der Waals surface area contributed by atoms with Crippen molar-refractivity contribution in [1.82, 2.24) is 14.9 Å². The Labute approximate surface area is 88.5 Å². The van der Waals surface area contributed by atoms with Gasteiger partial charge in [-0.05, 0) is 19.9 Å². The highest BCUT2D eigenvalue weighted by atomic mass is 19.1. The van der Waals surface area contributed by atoms with E-state index >= 15 is 0 Å². The Morgan fingerprint density at radius 1 is 1.47 bits per heavy atom. The lowest BCUT2D eigenvalue weighted by Crippen LogP contribution is -2.27. The molecule has 0 radical (unpaired) electrons. The molecule has 2 rings (SSSR count). The molecule has 0 unspecified atom stereocenters. The number of hydrogen-bond acceptors (Lipinski definition) is 4. The highest BCUT2D eigenvalue weighted by Crippen LogP contribution is 2.24. The summed E-state index contributed by atoms with van der Waals surface area (Å²) in [5.74, 6) is 0.0799. The zero-order valence-electron chi connectivity index (χ0n) is 8.78. The average molecular weight is 210 g/mol. The molecule has 1 fully saturated rings. The smallest absolute Gasteiger partial charge is 0.222 e. The van der Waals surface area contributed by atoms with Crippen molar-refractivity contribution in [2.75, 3.05) is 25.5 Å². The van der Waals surface area contributed by atoms with Crippen molar-refractivity contribution >= 4 is 5.95 Å². The van der Waals surface area contributed by atoms with E-state index < -0.39 is 5.82 Å². The van der Waals surface area contributed by atoms with Gasteiger partial charge in [-0.3, -0.25) is 0 Å². The molecule has 4 nitrogen and oxygen atoms in total. The van der Waals surface area contributed by atoms with Gasteiger partial charge in [-0.15, -0.1) is 0 Å². The molecule has 1 aliphatic carbocycles. The Morgan fingerprint density at radius 3 is 2.73 bits per heavy atom. The van der Waals surface area contributed by atoms with Gasteiger partial charge < -0.3 is 10.2 Å². The summed E-state index contributed by atoms with van der Waals surface area (Å²) in [6.45, 7) is 1.75. The van der Waals surface area contributed by atoms with E-state index in [1.165, 1.54) is 25.2 Å². The van der Waals surface area contributed by atoms with E-state index in [1.807, 2.05) is 0 Å². The lowest BCUT2D eigenvalue weighted by Gasteiger charge is -2.15. The quantitative estimate of drug-likeness (QED) is 0.790. The first-order valence-corrected chi connectivity index (χ1v) is 5.17. The lowest BCUT2D eigenvalue weighted by atomic mass is 10.5. The molecular weight excluding hydrogens is 195 g/mol. The maximum absolute atomic E-state index is 12.5. The second-order valence-corrected chi connectivity index (χ2v) is 3.86. The van der Waals surface area contributed by atoms with Gasteiger partial charge in [0.25, 0.3) is 0 Å². The van der Waals surface area contributed by atoms with Crippen LogP contribution in [0.15, 0.2) is 12.4 Å². The van der Waals surface area contributed by atoms with Crippen LogP contribution < -0.4 is 5.32 Å². The topological polar surface area (TPSA) is 41.0 Å². The number of likely N-dealkylation sites (N-methyl/N-ethyl adjacent to an activating group) is 1. The van der Waals surface area contributed by atoms with Gasteiger partial charge in [-0.1, -0.05) is 0 Å². The predicted molar refractivity (Wildman–Crippen MR) is 56.1 cm³/mol. The Morgan fingerprint density at radius 2 is 2.13 bits per heavy atom. The zero-order chi connectivity index (χ0) is 10.7. The number of hydrogen-bond donors (Lipinski definition) is 1. The van der Waals surface area contributed by atoms with Crippen LogP contribution in [0.25, 0.3) is 0 Å². The standard InChI is InChI=1S/C10H15FN4/c1-15(9-2-3-9)5-4-12-10-13-6-8(11)7-14-10/h6-7,9H,2-5H2,1H3,(H,12,13,14). The normalized spacial score (nSPS) is 15.7. The molecule has 1 heterocycles. The molecule has 1 saturated carbocycles. The molecule has 0 atom stereocenters. The van der Waals surface area contributed by atoms with Crippen LogP contribution in [0.2, 0.25) is 0 Å². The van der Waals surface area contributed by atoms with Crippen molar-refractivity contribution in [3.63, 3.8) is 0 Å². The first kappa shape index (κ1) is 10.3. The second-order valence-electron chi connectivity index (χ2n) is 3.86. The molecule has 0 aromatic carbocycles. The molecule has 82 valence electrons. The largest absolute Gasteiger partial charge is 0.353 e. The number of rotatable bonds is 5. The Hall–Kier alpha value is -1.23. The van der Waals surface area contributed by atoms with Crippen LogP contribution in [0, 0.1) is 5.82 Å². The summed E-state index contributed by atoms with van der Waals surface area (Å²) in [7, 11) is 2.12. The number of nitrogens with zero attached hydrogens (tertiary/aromatic N) is 3. The van der Waals surface area contributed by atoms with Crippen molar-refractivity contribution < 1.29 is 4.39 Å². The van der Waals surface area contributed by atoms with Crippen LogP contribution in [0.5, 0.6) is 0 Å². The third-order valence-electron chi connectivity index (χ3n) is 2.54. The summed E-state index contributed by atoms with van der Waals surface area (Å²) in [6, 6.07) is 0.765. The number of nitrogens with one attached hydrogen (secondary N) is 1. The van der Waals surface area contributed by atoms with E-state index in [1.54, 1.807) is 0 Å². The van der Waals surface area contributed by atoms with Crippen LogP contribution >= 0.6 is 0 Å². The van der Waals surface area contributed by atoms with E-state index in [0.717, 1.165) is 19.1 Å². The lowest BCUT2D eigenvalue weighted by molar-refractivity contribution is 0.337. The summed E-state index contributed by atoms with van der Waals surface area (Å²) in [6.07, 6.45) is 4.95. The van der Waals surface area contributed by atoms with E-state index in [9.17, 15) is 4.39 Å². The molecule has 1 N–H and O–H groups in total. The molecule has 1 aromatic rings. The number of halogens is 1. The molecule has 15 heavy (non-hydrogen) atoms. The molecule has 0 spiro atoms. The van der Waals surface area contributed by atoms with E-state index in [2.05, 4.69) is 27.2 Å². The summed E-state index contributed by atoms with van der Waals surface area (Å²) in [5.41, 5.74) is 0. The first-order chi connectivity index (χ1) is 7.25. The van der Waals surface area contributed by atoms with Crippen LogP contribution in [0.4, 0.5) is 10.3 Å². The molecule has 5 heteroatoms. The highest BCUT2D eigenvalue weighted by molar-refractivity contribution is 5.22. The minimum Gasteiger partial charge on any atom is -0.353 e. The molecule has 0 aliphatic heterocycles. The Balaban J connectivity index is 1.70. The van der Waals surface area contributed by atoms with Crippen LogP contribution in [0.3, 0.4) is 0 Å². The summed E-state index contributed by atoms with van der Waals surface area (Å²) in [4.78, 5) is 9.96. The van der Waals surface area contributed by atoms with Crippen molar-refractivity contribution in [1.29, 1.82) is 0 Å². The van der Waals surface area contributed by atoms with Crippen molar-refractivity contribution in [3.8, 4) is 0 Å². The minimum atomic E-state index is -0.407. The van der Waals surface area contributed by atoms with E-state index in [0.29, 0.717) is 5.95 Å². The fourth-order valence-electron chi connectivity index (χ4n) is 1.45. The van der Waals surface area contributed by atoms with Gasteiger partial charge in [0.05, 0.1) is 12.4 Å². The fraction of sp³-hybridized carbons (Fsp3) is 0.600. The zero-order valence-corrected chi connectivity index (χ0v) is 8.78. The highest BCUT2D eigenvalue weighted by Gasteiger charge is 2.25. The Bertz CT molecular complexity index is 310. The van der Waals surface area contributed by atoms with Crippen LogP contribution in [-0.2, 0) is 0 Å². The predicted octanol–water partition coefficient (Wildman–Crippen LogP) is 1.12. The fourth-order valence-corrected chi connectivity index (χ4v) is 1.45. The summed E-state index contributed by atoms with van der Waals surface area (Å²) < 4.78 is 12.5. The van der Waals surface area contributed by atoms with Crippen molar-refractivity contribution in [2.45, 2.75) is 18.9 Å². The van der Waals surface area contributed by atoms with Gasteiger partial charge in [0.2, 0.25) is 5.95 Å². The third kappa shape index (κ3) is 3.13.